The van der Waals surface area contributed by atoms with Gasteiger partial charge in [0.15, 0.2) is 11.5 Å². The molecule has 1 saturated heterocycles. The quantitative estimate of drug-likeness (QED) is 0.471. The van der Waals surface area contributed by atoms with E-state index in [-0.39, 0.29) is 34.4 Å². The number of para-hydroxylation sites is 1. The number of benzene rings is 2. The molecule has 0 radical (unpaired) electrons. The van der Waals surface area contributed by atoms with Crippen molar-refractivity contribution in [3.8, 4) is 0 Å². The molecule has 1 atom stereocenters. The number of fused-ring (bicyclic) bond motifs is 3. The molecule has 5 rings (SSSR count). The highest BCUT2D eigenvalue weighted by Gasteiger charge is 2.34. The van der Waals surface area contributed by atoms with E-state index in [0.29, 0.717) is 12.4 Å². The van der Waals surface area contributed by atoms with Crippen molar-refractivity contribution in [1.82, 2.24) is 24.5 Å². The van der Waals surface area contributed by atoms with Crippen LogP contribution in [0.3, 0.4) is 0 Å². The van der Waals surface area contributed by atoms with Gasteiger partial charge in [-0.25, -0.2) is 14.4 Å². The van der Waals surface area contributed by atoms with Crippen LogP contribution in [0.15, 0.2) is 42.5 Å². The van der Waals surface area contributed by atoms with Crippen molar-refractivity contribution in [2.24, 2.45) is 0 Å². The number of aromatic nitrogens is 4. The zero-order valence-corrected chi connectivity index (χ0v) is 17.7. The van der Waals surface area contributed by atoms with Gasteiger partial charge < -0.3 is 10.6 Å². The van der Waals surface area contributed by atoms with E-state index in [0.717, 1.165) is 31.4 Å². The molecule has 1 aliphatic heterocycles. The zero-order valence-electron chi connectivity index (χ0n) is 17.7. The summed E-state index contributed by atoms with van der Waals surface area (Å²) in [6.45, 7) is 4.69. The highest BCUT2D eigenvalue weighted by atomic mass is 19.4. The average Bonchev–Trinajstić information content (AvgIpc) is 3.19. The summed E-state index contributed by atoms with van der Waals surface area (Å²) in [5.41, 5.74) is 6.04. The summed E-state index contributed by atoms with van der Waals surface area (Å²) in [4.78, 5) is 12.9. The minimum absolute atomic E-state index is 0.151. The Labute approximate surface area is 186 Å². The summed E-state index contributed by atoms with van der Waals surface area (Å²) >= 11 is 0. The number of nitrogen functional groups attached to an aromatic ring is 1. The Bertz CT molecular complexity index is 1320. The number of halogens is 4. The summed E-state index contributed by atoms with van der Waals surface area (Å²) in [6.07, 6.45) is -4.56. The van der Waals surface area contributed by atoms with Gasteiger partial charge >= 0.3 is 6.18 Å². The molecule has 172 valence electrons. The lowest BCUT2D eigenvalue weighted by molar-refractivity contribution is -0.136. The number of piperazine rings is 1. The third-order valence-corrected chi connectivity index (χ3v) is 5.98. The normalized spacial score (nSPS) is 17.8. The van der Waals surface area contributed by atoms with Gasteiger partial charge in [-0.05, 0) is 43.3 Å². The van der Waals surface area contributed by atoms with E-state index in [1.165, 1.54) is 28.8 Å². The van der Waals surface area contributed by atoms with Crippen LogP contribution < -0.4 is 10.6 Å². The molecule has 0 bridgehead atoms. The molecule has 2 aromatic carbocycles. The molecule has 33 heavy (non-hydrogen) atoms. The average molecular weight is 459 g/mol. The number of rotatable bonds is 3. The molecule has 4 aromatic rings. The van der Waals surface area contributed by atoms with Gasteiger partial charge in [0.05, 0.1) is 17.6 Å². The smallest absolute Gasteiger partial charge is 0.369 e. The summed E-state index contributed by atoms with van der Waals surface area (Å²) in [5, 5.41) is 4.65. The number of anilines is 2. The monoisotopic (exact) mass is 459 g/mol. The van der Waals surface area contributed by atoms with Crippen molar-refractivity contribution < 1.29 is 17.6 Å². The largest absolute Gasteiger partial charge is 0.418 e. The molecule has 2 aromatic heterocycles. The van der Waals surface area contributed by atoms with Crippen LogP contribution in [0, 0.1) is 5.82 Å². The van der Waals surface area contributed by atoms with Crippen LogP contribution in [0.25, 0.3) is 16.6 Å². The van der Waals surface area contributed by atoms with Crippen LogP contribution in [0.5, 0.6) is 0 Å². The molecule has 3 heterocycles. The fraction of sp³-hybridized carbons (Fsp3) is 0.318. The number of alkyl halides is 3. The second kappa shape index (κ2) is 7.84. The minimum Gasteiger partial charge on any atom is -0.369 e. The number of hydrogen-bond acceptors (Lipinski definition) is 6. The minimum atomic E-state index is -4.56. The Morgan fingerprint density at radius 1 is 1.06 bits per heavy atom. The molecule has 0 saturated carbocycles. The van der Waals surface area contributed by atoms with Gasteiger partial charge in [0.25, 0.3) is 0 Å². The summed E-state index contributed by atoms with van der Waals surface area (Å²) in [7, 11) is 0. The van der Waals surface area contributed by atoms with Crippen LogP contribution >= 0.6 is 0 Å². The molecular formula is C22H21F4N7. The van der Waals surface area contributed by atoms with Crippen molar-refractivity contribution in [2.75, 3.05) is 30.3 Å². The van der Waals surface area contributed by atoms with E-state index in [1.807, 2.05) is 0 Å². The molecule has 0 aliphatic carbocycles. The molecule has 0 amide bonds. The second-order valence-corrected chi connectivity index (χ2v) is 8.17. The van der Waals surface area contributed by atoms with Gasteiger partial charge in [0, 0.05) is 36.7 Å². The van der Waals surface area contributed by atoms with Crippen molar-refractivity contribution >= 4 is 28.2 Å². The molecule has 0 spiro atoms. The molecule has 1 aliphatic rings. The van der Waals surface area contributed by atoms with Crippen LogP contribution in [-0.2, 0) is 12.7 Å². The maximum absolute atomic E-state index is 13.4. The molecule has 0 unspecified atom stereocenters. The van der Waals surface area contributed by atoms with E-state index < -0.39 is 11.7 Å². The van der Waals surface area contributed by atoms with E-state index >= 15 is 0 Å². The Morgan fingerprint density at radius 2 is 1.82 bits per heavy atom. The Kier molecular flexibility index (Phi) is 5.08. The maximum atomic E-state index is 13.4. The van der Waals surface area contributed by atoms with Gasteiger partial charge in [-0.15, -0.1) is 5.10 Å². The SMILES string of the molecule is C[C@@H]1CN(c2ccc(F)cc2)CCN1Cc1nc2c3cccc(C(F)(F)F)c3nc(N)n2n1. The van der Waals surface area contributed by atoms with Crippen LogP contribution in [0.2, 0.25) is 0 Å². The molecule has 2 N–H and O–H groups in total. The maximum Gasteiger partial charge on any atom is 0.418 e. The number of nitrogens with two attached hydrogens (primary N) is 1. The van der Waals surface area contributed by atoms with E-state index in [4.69, 9.17) is 5.73 Å². The first-order chi connectivity index (χ1) is 15.7. The molecule has 7 nitrogen and oxygen atoms in total. The van der Waals surface area contributed by atoms with Crippen molar-refractivity contribution in [2.45, 2.75) is 25.7 Å². The fourth-order valence-corrected chi connectivity index (χ4v) is 4.29. The molecule has 1 fully saturated rings. The van der Waals surface area contributed by atoms with Gasteiger partial charge in [-0.3, -0.25) is 4.90 Å². The first-order valence-electron chi connectivity index (χ1n) is 10.5. The van der Waals surface area contributed by atoms with Crippen molar-refractivity contribution in [3.63, 3.8) is 0 Å². The highest BCUT2D eigenvalue weighted by Crippen LogP contribution is 2.35. The van der Waals surface area contributed by atoms with Gasteiger partial charge in [-0.1, -0.05) is 6.07 Å². The Hall–Kier alpha value is -3.47. The molecular weight excluding hydrogens is 438 g/mol. The Morgan fingerprint density at radius 3 is 2.52 bits per heavy atom. The summed E-state index contributed by atoms with van der Waals surface area (Å²) in [5.74, 6) is 0.0321. The van der Waals surface area contributed by atoms with E-state index in [2.05, 4.69) is 31.8 Å². The third-order valence-electron chi connectivity index (χ3n) is 5.98. The molecule has 11 heteroatoms. The van der Waals surface area contributed by atoms with Crippen LogP contribution in [0.4, 0.5) is 29.2 Å². The highest BCUT2D eigenvalue weighted by molar-refractivity contribution is 5.94. The topological polar surface area (TPSA) is 75.6 Å². The third kappa shape index (κ3) is 3.92. The lowest BCUT2D eigenvalue weighted by Crippen LogP contribution is -2.51. The number of hydrogen-bond donors (Lipinski definition) is 1. The van der Waals surface area contributed by atoms with E-state index in [1.54, 1.807) is 12.1 Å². The zero-order chi connectivity index (χ0) is 23.3. The number of nitrogens with zero attached hydrogens (tertiary/aromatic N) is 6. The van der Waals surface area contributed by atoms with E-state index in [9.17, 15) is 17.6 Å². The lowest BCUT2D eigenvalue weighted by atomic mass is 10.1. The van der Waals surface area contributed by atoms with Gasteiger partial charge in [-0.2, -0.15) is 17.7 Å². The van der Waals surface area contributed by atoms with Crippen molar-refractivity contribution in [1.29, 1.82) is 0 Å². The summed E-state index contributed by atoms with van der Waals surface area (Å²) in [6, 6.07) is 10.4. The first kappa shape index (κ1) is 21.4. The standard InChI is InChI=1S/C22H21F4N7/c1-13-11-32(15-7-5-14(23)6-8-15)10-9-31(13)12-18-28-20-16-3-2-4-17(22(24,25)26)19(16)29-21(27)33(20)30-18/h2-8,13H,9-12H2,1H3,(H2,27,29)/t13-/m1/s1. The van der Waals surface area contributed by atoms with Crippen LogP contribution in [0.1, 0.15) is 18.3 Å². The summed E-state index contributed by atoms with van der Waals surface area (Å²) < 4.78 is 54.8. The van der Waals surface area contributed by atoms with Gasteiger partial charge in [0.2, 0.25) is 5.95 Å². The second-order valence-electron chi connectivity index (χ2n) is 8.17. The lowest BCUT2D eigenvalue weighted by Gasteiger charge is -2.40. The Balaban J connectivity index is 1.41. The van der Waals surface area contributed by atoms with Gasteiger partial charge in [0.1, 0.15) is 5.82 Å². The fourth-order valence-electron chi connectivity index (χ4n) is 4.29. The predicted molar refractivity (Wildman–Crippen MR) is 116 cm³/mol. The predicted octanol–water partition coefficient (Wildman–Crippen LogP) is 3.73. The first-order valence-corrected chi connectivity index (χ1v) is 10.5. The van der Waals surface area contributed by atoms with Crippen molar-refractivity contribution in [3.05, 3.63) is 59.7 Å². The van der Waals surface area contributed by atoms with Crippen LogP contribution in [-0.4, -0.2) is 50.2 Å².